The van der Waals surface area contributed by atoms with Crippen LogP contribution in [0.3, 0.4) is 0 Å². The first kappa shape index (κ1) is 14.8. The monoisotopic (exact) mass is 312 g/mol. The quantitative estimate of drug-likeness (QED) is 0.759. The van der Waals surface area contributed by atoms with Gasteiger partial charge in [-0.2, -0.15) is 0 Å². The first-order chi connectivity index (χ1) is 9.72. The molecule has 2 atom stereocenters. The molecule has 0 bridgehead atoms. The molecule has 0 spiro atoms. The molecule has 0 aromatic carbocycles. The highest BCUT2D eigenvalue weighted by Crippen LogP contribution is 2.41. The first-order valence-corrected chi connectivity index (χ1v) is 9.52. The van der Waals surface area contributed by atoms with Crippen molar-refractivity contribution < 1.29 is 5.11 Å². The van der Waals surface area contributed by atoms with Gasteiger partial charge >= 0.3 is 0 Å². The summed E-state index contributed by atoms with van der Waals surface area (Å²) >= 11 is 3.62. The van der Waals surface area contributed by atoms with Crippen molar-refractivity contribution in [3.63, 3.8) is 0 Å². The summed E-state index contributed by atoms with van der Waals surface area (Å²) in [4.78, 5) is 4.51. The maximum Gasteiger partial charge on any atom is 0.150 e. The summed E-state index contributed by atoms with van der Waals surface area (Å²) < 4.78 is 1.19. The number of nitrogens with one attached hydrogen (secondary N) is 1. The topological polar surface area (TPSA) is 45.1 Å². The second kappa shape index (κ2) is 6.34. The zero-order valence-electron chi connectivity index (χ0n) is 12.1. The van der Waals surface area contributed by atoms with Gasteiger partial charge in [-0.05, 0) is 44.9 Å². The molecule has 20 heavy (non-hydrogen) atoms. The van der Waals surface area contributed by atoms with Gasteiger partial charge < -0.3 is 10.4 Å². The van der Waals surface area contributed by atoms with Gasteiger partial charge in [0.25, 0.3) is 0 Å². The highest BCUT2D eigenvalue weighted by atomic mass is 32.2. The number of aromatic nitrogens is 1. The average Bonchev–Trinajstić information content (AvgIpc) is 3.01. The molecule has 3 rings (SSSR count). The van der Waals surface area contributed by atoms with Crippen LogP contribution in [-0.4, -0.2) is 34.0 Å². The Morgan fingerprint density at radius 3 is 3.00 bits per heavy atom. The van der Waals surface area contributed by atoms with Crippen molar-refractivity contribution in [1.29, 1.82) is 0 Å². The fraction of sp³-hybridized carbons (Fsp3) is 0.800. The highest BCUT2D eigenvalue weighted by molar-refractivity contribution is 8.00. The van der Waals surface area contributed by atoms with E-state index in [0.29, 0.717) is 18.6 Å². The molecule has 0 aliphatic heterocycles. The van der Waals surface area contributed by atoms with Gasteiger partial charge in [-0.25, -0.2) is 4.98 Å². The van der Waals surface area contributed by atoms with Gasteiger partial charge in [0.05, 0.1) is 6.61 Å². The fourth-order valence-corrected chi connectivity index (χ4v) is 5.30. The van der Waals surface area contributed by atoms with Crippen LogP contribution in [0.15, 0.2) is 9.72 Å². The minimum absolute atomic E-state index is 0.0144. The number of aliphatic hydroxyl groups is 1. The van der Waals surface area contributed by atoms with Crippen LogP contribution in [0, 0.1) is 12.8 Å². The molecule has 1 aromatic rings. The molecular formula is C15H24N2OS2. The molecule has 2 unspecified atom stereocenters. The van der Waals surface area contributed by atoms with Gasteiger partial charge in [0.15, 0.2) is 0 Å². The van der Waals surface area contributed by atoms with Crippen molar-refractivity contribution in [1.82, 2.24) is 10.3 Å². The van der Waals surface area contributed by atoms with Gasteiger partial charge in [-0.3, -0.25) is 0 Å². The number of thiazole rings is 1. The van der Waals surface area contributed by atoms with Crippen LogP contribution in [0.2, 0.25) is 0 Å². The smallest absolute Gasteiger partial charge is 0.150 e. The Morgan fingerprint density at radius 2 is 2.35 bits per heavy atom. The summed E-state index contributed by atoms with van der Waals surface area (Å²) in [5.41, 5.74) is 1.14. The lowest BCUT2D eigenvalue weighted by atomic mass is 9.85. The van der Waals surface area contributed by atoms with Crippen LogP contribution < -0.4 is 5.32 Å². The molecule has 2 fully saturated rings. The lowest BCUT2D eigenvalue weighted by Gasteiger charge is -2.35. The summed E-state index contributed by atoms with van der Waals surface area (Å²) in [5.74, 6) is 1.74. The second-order valence-electron chi connectivity index (χ2n) is 6.21. The molecule has 3 nitrogen and oxygen atoms in total. The second-order valence-corrected chi connectivity index (χ2v) is 8.41. The van der Waals surface area contributed by atoms with Gasteiger partial charge in [-0.1, -0.05) is 18.2 Å². The van der Waals surface area contributed by atoms with Crippen LogP contribution in [-0.2, 0) is 0 Å². The molecule has 2 N–H and O–H groups in total. The lowest BCUT2D eigenvalue weighted by molar-refractivity contribution is 0.120. The maximum atomic E-state index is 9.90. The van der Waals surface area contributed by atoms with E-state index < -0.39 is 0 Å². The van der Waals surface area contributed by atoms with E-state index in [2.05, 4.69) is 15.7 Å². The summed E-state index contributed by atoms with van der Waals surface area (Å²) in [7, 11) is 0. The molecule has 0 radical (unpaired) electrons. The van der Waals surface area contributed by atoms with Crippen molar-refractivity contribution in [3.8, 4) is 0 Å². The highest BCUT2D eigenvalue weighted by Gasteiger charge is 2.44. The van der Waals surface area contributed by atoms with E-state index in [0.717, 1.165) is 17.9 Å². The van der Waals surface area contributed by atoms with E-state index >= 15 is 0 Å². The minimum atomic E-state index is 0.0144. The Balaban J connectivity index is 1.52. The molecule has 1 aromatic heterocycles. The SMILES string of the molecule is Cc1csc(SCCC2CCCC2(CO)NC2CC2)n1. The zero-order valence-corrected chi connectivity index (χ0v) is 13.7. The number of nitrogens with zero attached hydrogens (tertiary/aromatic N) is 1. The number of rotatable bonds is 7. The molecule has 0 saturated heterocycles. The Hall–Kier alpha value is -0.100. The van der Waals surface area contributed by atoms with Gasteiger partial charge in [-0.15, -0.1) is 11.3 Å². The Morgan fingerprint density at radius 1 is 1.50 bits per heavy atom. The zero-order chi connectivity index (χ0) is 14.0. The normalized spacial score (nSPS) is 30.0. The van der Waals surface area contributed by atoms with Crippen LogP contribution in [0.5, 0.6) is 0 Å². The third-order valence-electron chi connectivity index (χ3n) is 4.60. The molecule has 2 aliphatic carbocycles. The van der Waals surface area contributed by atoms with E-state index in [9.17, 15) is 5.11 Å². The van der Waals surface area contributed by atoms with Crippen LogP contribution in [0.4, 0.5) is 0 Å². The van der Waals surface area contributed by atoms with Crippen LogP contribution in [0.1, 0.15) is 44.2 Å². The van der Waals surface area contributed by atoms with E-state index in [4.69, 9.17) is 0 Å². The molecule has 112 valence electrons. The fourth-order valence-electron chi connectivity index (χ4n) is 3.33. The average molecular weight is 313 g/mol. The number of aliphatic hydroxyl groups excluding tert-OH is 1. The maximum absolute atomic E-state index is 9.90. The number of hydrogen-bond donors (Lipinski definition) is 2. The minimum Gasteiger partial charge on any atom is -0.394 e. The predicted molar refractivity (Wildman–Crippen MR) is 85.5 cm³/mol. The largest absolute Gasteiger partial charge is 0.394 e. The van der Waals surface area contributed by atoms with Crippen molar-refractivity contribution in [2.45, 2.75) is 61.4 Å². The number of hydrogen-bond acceptors (Lipinski definition) is 5. The summed E-state index contributed by atoms with van der Waals surface area (Å²) in [6.45, 7) is 2.35. The predicted octanol–water partition coefficient (Wildman–Crippen LogP) is 3.22. The van der Waals surface area contributed by atoms with E-state index in [1.807, 2.05) is 18.7 Å². The van der Waals surface area contributed by atoms with Crippen molar-refractivity contribution in [2.24, 2.45) is 5.92 Å². The van der Waals surface area contributed by atoms with E-state index in [1.165, 1.54) is 36.4 Å². The van der Waals surface area contributed by atoms with Crippen molar-refractivity contribution >= 4 is 23.1 Å². The van der Waals surface area contributed by atoms with Crippen molar-refractivity contribution in [2.75, 3.05) is 12.4 Å². The Kier molecular flexibility index (Phi) is 4.70. The molecule has 2 saturated carbocycles. The van der Waals surface area contributed by atoms with E-state index in [1.54, 1.807) is 11.3 Å². The standard InChI is InChI=1S/C15H24N2OS2/c1-11-9-20-14(16-11)19-8-6-12-3-2-7-15(12,10-18)17-13-4-5-13/h9,12-13,17-18H,2-8,10H2,1H3. The summed E-state index contributed by atoms with van der Waals surface area (Å²) in [6.07, 6.45) is 7.43. The Labute approximate surface area is 129 Å². The van der Waals surface area contributed by atoms with Gasteiger partial charge in [0, 0.05) is 28.4 Å². The van der Waals surface area contributed by atoms with Crippen LogP contribution >= 0.6 is 23.1 Å². The van der Waals surface area contributed by atoms with Crippen LogP contribution in [0.25, 0.3) is 0 Å². The van der Waals surface area contributed by atoms with E-state index in [-0.39, 0.29) is 5.54 Å². The lowest BCUT2D eigenvalue weighted by Crippen LogP contribution is -2.52. The molecule has 2 aliphatic rings. The van der Waals surface area contributed by atoms with Gasteiger partial charge in [0.2, 0.25) is 0 Å². The van der Waals surface area contributed by atoms with Gasteiger partial charge in [0.1, 0.15) is 4.34 Å². The third kappa shape index (κ3) is 3.38. The van der Waals surface area contributed by atoms with Crippen molar-refractivity contribution in [3.05, 3.63) is 11.1 Å². The summed E-state index contributed by atoms with van der Waals surface area (Å²) in [5, 5.41) is 15.8. The Bertz CT molecular complexity index is 447. The molecular weight excluding hydrogens is 288 g/mol. The summed E-state index contributed by atoms with van der Waals surface area (Å²) in [6, 6.07) is 0.678. The third-order valence-corrected chi connectivity index (χ3v) is 6.77. The molecule has 5 heteroatoms. The molecule has 0 amide bonds. The molecule has 1 heterocycles. The number of aryl methyl sites for hydroxylation is 1. The first-order valence-electron chi connectivity index (χ1n) is 7.65. The number of thioether (sulfide) groups is 1.